The summed E-state index contributed by atoms with van der Waals surface area (Å²) in [5.41, 5.74) is 5.15. The highest BCUT2D eigenvalue weighted by molar-refractivity contribution is 5.95. The Morgan fingerprint density at radius 2 is 1.69 bits per heavy atom. The number of carbonyl (C=O) groups is 6. The van der Waals surface area contributed by atoms with Crippen LogP contribution in [0.1, 0.15) is 26.7 Å². The third kappa shape index (κ3) is 8.11. The maximum Gasteiger partial charge on any atom is 0.322 e. The molecule has 1 aliphatic rings. The Morgan fingerprint density at radius 1 is 1.03 bits per heavy atom. The molecule has 0 aliphatic carbocycles. The van der Waals surface area contributed by atoms with E-state index in [1.54, 1.807) is 0 Å². The van der Waals surface area contributed by atoms with Gasteiger partial charge in [0.25, 0.3) is 0 Å². The lowest BCUT2D eigenvalue weighted by Gasteiger charge is -2.30. The Labute approximate surface area is 184 Å². The summed E-state index contributed by atoms with van der Waals surface area (Å²) in [7, 11) is 0. The predicted molar refractivity (Wildman–Crippen MR) is 109 cm³/mol. The van der Waals surface area contributed by atoms with Crippen LogP contribution in [0.3, 0.4) is 0 Å². The summed E-state index contributed by atoms with van der Waals surface area (Å²) >= 11 is 0. The zero-order valence-corrected chi connectivity index (χ0v) is 17.9. The maximum atomic E-state index is 12.9. The van der Waals surface area contributed by atoms with Crippen LogP contribution >= 0.6 is 0 Å². The first-order chi connectivity index (χ1) is 15.0. The molecule has 1 heterocycles. The summed E-state index contributed by atoms with van der Waals surface area (Å²) in [5, 5.41) is 27.8. The van der Waals surface area contributed by atoms with Gasteiger partial charge in [0, 0.05) is 6.54 Å². The molecule has 0 aromatic rings. The summed E-state index contributed by atoms with van der Waals surface area (Å²) < 4.78 is 0. The molecule has 4 unspecified atom stereocenters. The molecule has 32 heavy (non-hydrogen) atoms. The van der Waals surface area contributed by atoms with Gasteiger partial charge in [0.15, 0.2) is 0 Å². The van der Waals surface area contributed by atoms with Crippen LogP contribution in [0, 0.1) is 0 Å². The van der Waals surface area contributed by atoms with Gasteiger partial charge in [-0.2, -0.15) is 0 Å². The van der Waals surface area contributed by atoms with Gasteiger partial charge in [-0.15, -0.1) is 0 Å². The average molecular weight is 458 g/mol. The Hall–Kier alpha value is -3.26. The van der Waals surface area contributed by atoms with Crippen molar-refractivity contribution < 1.29 is 39.0 Å². The topological polar surface area (TPSA) is 220 Å². The molecule has 8 N–H and O–H groups in total. The van der Waals surface area contributed by atoms with Gasteiger partial charge >= 0.3 is 5.97 Å². The molecule has 0 saturated carbocycles. The molecular weight excluding hydrogens is 428 g/mol. The fraction of sp³-hybridized carbons (Fsp3) is 0.667. The fourth-order valence-electron chi connectivity index (χ4n) is 3.06. The monoisotopic (exact) mass is 458 g/mol. The summed E-state index contributed by atoms with van der Waals surface area (Å²) in [6.45, 7) is 1.44. The van der Waals surface area contributed by atoms with Gasteiger partial charge in [-0.25, -0.2) is 0 Å². The number of carboxylic acids is 1. The lowest BCUT2D eigenvalue weighted by Crippen LogP contribution is -2.58. The van der Waals surface area contributed by atoms with E-state index in [1.807, 2.05) is 0 Å². The molecule has 180 valence electrons. The van der Waals surface area contributed by atoms with Crippen molar-refractivity contribution in [1.29, 1.82) is 0 Å². The standard InChI is InChI=1S/C18H30N6O8/c1-9(22-12(26)6-19)16(30)20-7-13(27)23-15(10(2)25)18(32)24-5-3-4-11(24)17(31)21-8-14(28)29/h9-11,15,25H,3-8,19H2,1-2H3,(H,20,30)(H,21,31)(H,22,26)(H,23,27)(H,28,29). The van der Waals surface area contributed by atoms with Gasteiger partial charge in [0.2, 0.25) is 29.5 Å². The second kappa shape index (κ2) is 12.6. The van der Waals surface area contributed by atoms with Crippen LogP contribution in [0.25, 0.3) is 0 Å². The van der Waals surface area contributed by atoms with Crippen molar-refractivity contribution in [2.24, 2.45) is 5.73 Å². The van der Waals surface area contributed by atoms with E-state index in [0.29, 0.717) is 12.8 Å². The van der Waals surface area contributed by atoms with Gasteiger partial charge in [-0.05, 0) is 26.7 Å². The summed E-state index contributed by atoms with van der Waals surface area (Å²) in [6, 6.07) is -3.25. The highest BCUT2D eigenvalue weighted by Crippen LogP contribution is 2.19. The molecule has 0 bridgehead atoms. The van der Waals surface area contributed by atoms with E-state index in [-0.39, 0.29) is 13.1 Å². The van der Waals surface area contributed by atoms with Gasteiger partial charge in [0.1, 0.15) is 24.7 Å². The number of nitrogens with zero attached hydrogens (tertiary/aromatic N) is 1. The van der Waals surface area contributed by atoms with E-state index < -0.39 is 72.8 Å². The van der Waals surface area contributed by atoms with Crippen LogP contribution in [-0.2, 0) is 28.8 Å². The van der Waals surface area contributed by atoms with Gasteiger partial charge in [0.05, 0.1) is 19.2 Å². The molecule has 1 rings (SSSR count). The van der Waals surface area contributed by atoms with Gasteiger partial charge < -0.3 is 42.1 Å². The number of aliphatic carboxylic acids is 1. The Kier molecular flexibility index (Phi) is 10.5. The first-order valence-electron chi connectivity index (χ1n) is 10.0. The van der Waals surface area contributed by atoms with Crippen LogP contribution in [0.5, 0.6) is 0 Å². The first-order valence-corrected chi connectivity index (χ1v) is 10.0. The highest BCUT2D eigenvalue weighted by atomic mass is 16.4. The quantitative estimate of drug-likeness (QED) is 0.159. The van der Waals surface area contributed by atoms with E-state index in [9.17, 15) is 33.9 Å². The number of hydrogen-bond donors (Lipinski definition) is 7. The molecule has 0 spiro atoms. The molecular formula is C18H30N6O8. The predicted octanol–water partition coefficient (Wildman–Crippen LogP) is -4.38. The first kappa shape index (κ1) is 26.8. The van der Waals surface area contributed by atoms with Crippen LogP contribution in [0.2, 0.25) is 0 Å². The molecule has 1 fully saturated rings. The number of likely N-dealkylation sites (tertiary alicyclic amines) is 1. The van der Waals surface area contributed by atoms with Crippen LogP contribution < -0.4 is 27.0 Å². The maximum absolute atomic E-state index is 12.9. The summed E-state index contributed by atoms with van der Waals surface area (Å²) in [6.07, 6.45) is -0.520. The smallest absolute Gasteiger partial charge is 0.322 e. The number of nitrogens with two attached hydrogens (primary N) is 1. The minimum Gasteiger partial charge on any atom is -0.480 e. The van der Waals surface area contributed by atoms with E-state index in [0.717, 1.165) is 0 Å². The lowest BCUT2D eigenvalue weighted by molar-refractivity contribution is -0.144. The van der Waals surface area contributed by atoms with Crippen molar-refractivity contribution in [3.05, 3.63) is 0 Å². The number of aliphatic hydroxyl groups excluding tert-OH is 1. The van der Waals surface area contributed by atoms with Crippen molar-refractivity contribution in [3.8, 4) is 0 Å². The molecule has 14 nitrogen and oxygen atoms in total. The molecule has 4 atom stereocenters. The third-order valence-corrected chi connectivity index (χ3v) is 4.70. The molecule has 1 saturated heterocycles. The van der Waals surface area contributed by atoms with Crippen molar-refractivity contribution in [1.82, 2.24) is 26.2 Å². The van der Waals surface area contributed by atoms with Crippen molar-refractivity contribution in [2.75, 3.05) is 26.2 Å². The van der Waals surface area contributed by atoms with Crippen LogP contribution in [0.15, 0.2) is 0 Å². The molecule has 14 heteroatoms. The SMILES string of the molecule is CC(NC(=O)CN)C(=O)NCC(=O)NC(C(=O)N1CCCC1C(=O)NCC(=O)O)C(C)O. The van der Waals surface area contributed by atoms with Crippen molar-refractivity contribution in [3.63, 3.8) is 0 Å². The number of hydrogen-bond acceptors (Lipinski definition) is 8. The van der Waals surface area contributed by atoms with E-state index >= 15 is 0 Å². The van der Waals surface area contributed by atoms with Crippen molar-refractivity contribution in [2.45, 2.75) is 50.9 Å². The van der Waals surface area contributed by atoms with E-state index in [4.69, 9.17) is 10.8 Å². The molecule has 0 radical (unpaired) electrons. The van der Waals surface area contributed by atoms with Crippen LogP contribution in [0.4, 0.5) is 0 Å². The molecule has 0 aromatic carbocycles. The lowest BCUT2D eigenvalue weighted by atomic mass is 10.1. The summed E-state index contributed by atoms with van der Waals surface area (Å²) in [5.74, 6) is -4.57. The second-order valence-corrected chi connectivity index (χ2v) is 7.30. The number of rotatable bonds is 11. The largest absolute Gasteiger partial charge is 0.480 e. The Morgan fingerprint density at radius 3 is 2.25 bits per heavy atom. The van der Waals surface area contributed by atoms with Crippen molar-refractivity contribution >= 4 is 35.5 Å². The Bertz CT molecular complexity index is 743. The number of aliphatic hydroxyl groups is 1. The zero-order valence-electron chi connectivity index (χ0n) is 17.9. The second-order valence-electron chi connectivity index (χ2n) is 7.30. The third-order valence-electron chi connectivity index (χ3n) is 4.70. The van der Waals surface area contributed by atoms with E-state index in [2.05, 4.69) is 21.3 Å². The average Bonchev–Trinajstić information content (AvgIpc) is 3.23. The number of carboxylic acid groups (broad SMARTS) is 1. The van der Waals surface area contributed by atoms with Crippen LogP contribution in [-0.4, -0.2) is 101 Å². The molecule has 0 aromatic heterocycles. The zero-order chi connectivity index (χ0) is 24.4. The molecule has 1 aliphatic heterocycles. The fourth-order valence-corrected chi connectivity index (χ4v) is 3.06. The normalized spacial score (nSPS) is 18.1. The van der Waals surface area contributed by atoms with E-state index in [1.165, 1.54) is 18.7 Å². The minimum absolute atomic E-state index is 0.193. The Balaban J connectivity index is 2.69. The number of amides is 5. The number of nitrogens with one attached hydrogen (secondary N) is 4. The minimum atomic E-state index is -1.39. The summed E-state index contributed by atoms with van der Waals surface area (Å²) in [4.78, 5) is 72.3. The molecule has 5 amide bonds. The van der Waals surface area contributed by atoms with Gasteiger partial charge in [-0.3, -0.25) is 28.8 Å². The number of carbonyl (C=O) groups excluding carboxylic acids is 5. The van der Waals surface area contributed by atoms with Gasteiger partial charge in [-0.1, -0.05) is 0 Å². The highest BCUT2D eigenvalue weighted by Gasteiger charge is 2.39.